The molecule has 1 unspecified atom stereocenters. The number of H-pyrrole nitrogens is 2. The number of likely N-dealkylation sites (tertiary alicyclic amines) is 1. The molecule has 2 aromatic heterocycles. The molecule has 1 aromatic carbocycles. The fourth-order valence-corrected chi connectivity index (χ4v) is 3.28. The molecular weight excluding hydrogens is 325 g/mol. The summed E-state index contributed by atoms with van der Waals surface area (Å²) in [6, 6.07) is 6.24. The van der Waals surface area contributed by atoms with E-state index in [9.17, 15) is 9.18 Å². The normalized spacial score (nSPS) is 18.1. The standard InChI is InChI=1S/C17H18FN5O2/c1-10-13(19-16(25-10)11-4-2-5-12(18)8-11)9-23-7-3-6-14(23)15-20-17(24)22-21-15/h2,4-5,8,14H,3,6-7,9H2,1H3,(H2,20,21,22,24). The first-order chi connectivity index (χ1) is 12.1. The van der Waals surface area contributed by atoms with Gasteiger partial charge in [0, 0.05) is 12.1 Å². The Hall–Kier alpha value is -2.74. The lowest BCUT2D eigenvalue weighted by Gasteiger charge is -2.21. The minimum Gasteiger partial charge on any atom is -0.441 e. The van der Waals surface area contributed by atoms with Crippen molar-refractivity contribution < 1.29 is 8.81 Å². The van der Waals surface area contributed by atoms with Gasteiger partial charge in [-0.2, -0.15) is 5.10 Å². The number of benzene rings is 1. The number of nitrogens with zero attached hydrogens (tertiary/aromatic N) is 3. The monoisotopic (exact) mass is 343 g/mol. The van der Waals surface area contributed by atoms with E-state index in [0.717, 1.165) is 25.1 Å². The van der Waals surface area contributed by atoms with E-state index in [1.807, 2.05) is 6.92 Å². The minimum absolute atomic E-state index is 0.0488. The molecule has 130 valence electrons. The van der Waals surface area contributed by atoms with Crippen LogP contribution in [0.4, 0.5) is 4.39 Å². The van der Waals surface area contributed by atoms with Gasteiger partial charge < -0.3 is 4.42 Å². The smallest absolute Gasteiger partial charge is 0.340 e. The molecule has 1 atom stereocenters. The third kappa shape index (κ3) is 3.12. The van der Waals surface area contributed by atoms with Crippen LogP contribution in [0.3, 0.4) is 0 Å². The maximum atomic E-state index is 13.4. The highest BCUT2D eigenvalue weighted by Crippen LogP contribution is 2.32. The number of oxazole rings is 1. The summed E-state index contributed by atoms with van der Waals surface area (Å²) in [4.78, 5) is 20.8. The van der Waals surface area contributed by atoms with Crippen molar-refractivity contribution in [3.8, 4) is 11.5 Å². The van der Waals surface area contributed by atoms with Gasteiger partial charge in [-0.25, -0.2) is 19.3 Å². The fourth-order valence-electron chi connectivity index (χ4n) is 3.28. The Morgan fingerprint density at radius 1 is 1.44 bits per heavy atom. The molecule has 3 heterocycles. The molecular formula is C17H18FN5O2. The summed E-state index contributed by atoms with van der Waals surface area (Å²) in [6.45, 7) is 3.33. The zero-order valence-corrected chi connectivity index (χ0v) is 13.8. The summed E-state index contributed by atoms with van der Waals surface area (Å²) in [7, 11) is 0. The number of nitrogens with one attached hydrogen (secondary N) is 2. The van der Waals surface area contributed by atoms with Crippen LogP contribution in [0, 0.1) is 12.7 Å². The summed E-state index contributed by atoms with van der Waals surface area (Å²) in [5, 5.41) is 6.47. The van der Waals surface area contributed by atoms with Crippen LogP contribution in [-0.2, 0) is 6.54 Å². The lowest BCUT2D eigenvalue weighted by molar-refractivity contribution is 0.236. The molecule has 2 N–H and O–H groups in total. The van der Waals surface area contributed by atoms with E-state index in [4.69, 9.17) is 4.42 Å². The maximum Gasteiger partial charge on any atom is 0.340 e. The Labute approximate surface area is 142 Å². The molecule has 4 rings (SSSR count). The van der Waals surface area contributed by atoms with E-state index in [1.165, 1.54) is 12.1 Å². The van der Waals surface area contributed by atoms with Gasteiger partial charge in [0.15, 0.2) is 0 Å². The highest BCUT2D eigenvalue weighted by atomic mass is 19.1. The largest absolute Gasteiger partial charge is 0.441 e. The first-order valence-electron chi connectivity index (χ1n) is 8.21. The molecule has 8 heteroatoms. The molecule has 1 aliphatic heterocycles. The number of halogens is 1. The Bertz CT molecular complexity index is 944. The molecule has 0 spiro atoms. The van der Waals surface area contributed by atoms with Crippen LogP contribution in [-0.4, -0.2) is 31.6 Å². The number of aromatic nitrogens is 4. The van der Waals surface area contributed by atoms with Gasteiger partial charge in [-0.05, 0) is 44.5 Å². The van der Waals surface area contributed by atoms with Crippen LogP contribution >= 0.6 is 0 Å². The van der Waals surface area contributed by atoms with E-state index in [1.54, 1.807) is 12.1 Å². The molecule has 1 aliphatic rings. The second-order valence-electron chi connectivity index (χ2n) is 6.22. The molecule has 25 heavy (non-hydrogen) atoms. The molecule has 0 bridgehead atoms. The van der Waals surface area contributed by atoms with Gasteiger partial charge >= 0.3 is 5.69 Å². The number of hydrogen-bond acceptors (Lipinski definition) is 5. The summed E-state index contributed by atoms with van der Waals surface area (Å²) >= 11 is 0. The van der Waals surface area contributed by atoms with E-state index in [-0.39, 0.29) is 17.5 Å². The Morgan fingerprint density at radius 3 is 3.08 bits per heavy atom. The third-order valence-electron chi connectivity index (χ3n) is 4.52. The number of rotatable bonds is 4. The second kappa shape index (κ2) is 6.29. The van der Waals surface area contributed by atoms with Gasteiger partial charge in [-0.3, -0.25) is 9.88 Å². The summed E-state index contributed by atoms with van der Waals surface area (Å²) in [5.41, 5.74) is 1.13. The summed E-state index contributed by atoms with van der Waals surface area (Å²) in [6.07, 6.45) is 1.95. The Morgan fingerprint density at radius 2 is 2.32 bits per heavy atom. The quantitative estimate of drug-likeness (QED) is 0.760. The van der Waals surface area contributed by atoms with Gasteiger partial charge in [-0.1, -0.05) is 6.07 Å². The fraction of sp³-hybridized carbons (Fsp3) is 0.353. The Balaban J connectivity index is 1.57. The van der Waals surface area contributed by atoms with Gasteiger partial charge in [0.25, 0.3) is 0 Å². The molecule has 1 saturated heterocycles. The predicted molar refractivity (Wildman–Crippen MR) is 88.2 cm³/mol. The van der Waals surface area contributed by atoms with Crippen molar-refractivity contribution in [3.05, 3.63) is 57.8 Å². The van der Waals surface area contributed by atoms with Gasteiger partial charge in [0.2, 0.25) is 5.89 Å². The average molecular weight is 343 g/mol. The van der Waals surface area contributed by atoms with Crippen LogP contribution in [0.15, 0.2) is 33.5 Å². The van der Waals surface area contributed by atoms with Crippen LogP contribution in [0.25, 0.3) is 11.5 Å². The maximum absolute atomic E-state index is 13.4. The van der Waals surface area contributed by atoms with Gasteiger partial charge in [0.1, 0.15) is 17.4 Å². The SMILES string of the molecule is Cc1oc(-c2cccc(F)c2)nc1CN1CCCC1c1n[nH]c(=O)[nH]1. The van der Waals surface area contributed by atoms with Crippen LogP contribution in [0.5, 0.6) is 0 Å². The van der Waals surface area contributed by atoms with E-state index in [2.05, 4.69) is 25.1 Å². The average Bonchev–Trinajstić information content (AvgIpc) is 3.29. The third-order valence-corrected chi connectivity index (χ3v) is 4.52. The van der Waals surface area contributed by atoms with Crippen molar-refractivity contribution in [1.82, 2.24) is 25.1 Å². The first kappa shape index (κ1) is 15.8. The van der Waals surface area contributed by atoms with E-state index >= 15 is 0 Å². The van der Waals surface area contributed by atoms with Crippen molar-refractivity contribution in [2.75, 3.05) is 6.54 Å². The molecule has 0 aliphatic carbocycles. The van der Waals surface area contributed by atoms with Crippen molar-refractivity contribution in [3.63, 3.8) is 0 Å². The second-order valence-corrected chi connectivity index (χ2v) is 6.22. The van der Waals surface area contributed by atoms with Crippen LogP contribution in [0.2, 0.25) is 0 Å². The highest BCUT2D eigenvalue weighted by Gasteiger charge is 2.30. The minimum atomic E-state index is -0.322. The highest BCUT2D eigenvalue weighted by molar-refractivity contribution is 5.53. The van der Waals surface area contributed by atoms with E-state index in [0.29, 0.717) is 29.6 Å². The van der Waals surface area contributed by atoms with E-state index < -0.39 is 0 Å². The lowest BCUT2D eigenvalue weighted by Crippen LogP contribution is -2.24. The molecule has 0 amide bonds. The van der Waals surface area contributed by atoms with Crippen LogP contribution < -0.4 is 5.69 Å². The molecule has 7 nitrogen and oxygen atoms in total. The van der Waals surface area contributed by atoms with Crippen molar-refractivity contribution in [1.29, 1.82) is 0 Å². The number of hydrogen-bond donors (Lipinski definition) is 2. The molecule has 1 fully saturated rings. The van der Waals surface area contributed by atoms with Crippen molar-refractivity contribution in [2.45, 2.75) is 32.4 Å². The number of aryl methyl sites for hydroxylation is 1. The number of aromatic amines is 2. The first-order valence-corrected chi connectivity index (χ1v) is 8.21. The van der Waals surface area contributed by atoms with Gasteiger partial charge in [0.05, 0.1) is 11.7 Å². The molecule has 3 aromatic rings. The molecule has 0 radical (unpaired) electrons. The Kier molecular flexibility index (Phi) is 3.96. The van der Waals surface area contributed by atoms with Crippen molar-refractivity contribution in [2.24, 2.45) is 0 Å². The van der Waals surface area contributed by atoms with Crippen LogP contribution in [0.1, 0.15) is 36.2 Å². The zero-order valence-electron chi connectivity index (χ0n) is 13.8. The molecule has 0 saturated carbocycles. The summed E-state index contributed by atoms with van der Waals surface area (Å²) in [5.74, 6) is 1.45. The lowest BCUT2D eigenvalue weighted by atomic mass is 10.2. The topological polar surface area (TPSA) is 90.8 Å². The predicted octanol–water partition coefficient (Wildman–Crippen LogP) is 2.54. The summed E-state index contributed by atoms with van der Waals surface area (Å²) < 4.78 is 19.1. The van der Waals surface area contributed by atoms with Gasteiger partial charge in [-0.15, -0.1) is 0 Å². The van der Waals surface area contributed by atoms with Crippen molar-refractivity contribution >= 4 is 0 Å². The zero-order chi connectivity index (χ0) is 17.4.